The first-order valence-corrected chi connectivity index (χ1v) is 19.2. The van der Waals surface area contributed by atoms with Crippen molar-refractivity contribution in [1.82, 2.24) is 14.7 Å². The first kappa shape index (κ1) is 36.1. The van der Waals surface area contributed by atoms with Gasteiger partial charge in [0.25, 0.3) is 0 Å². The van der Waals surface area contributed by atoms with Gasteiger partial charge in [0, 0.05) is 6.61 Å². The second-order valence-corrected chi connectivity index (χ2v) is 16.1. The molecule has 0 aliphatic rings. The Balaban J connectivity index is 5.58. The summed E-state index contributed by atoms with van der Waals surface area (Å²) in [4.78, 5) is 8.01. The van der Waals surface area contributed by atoms with Crippen LogP contribution in [0.4, 0.5) is 0 Å². The zero-order valence-electron chi connectivity index (χ0n) is 26.6. The van der Waals surface area contributed by atoms with E-state index in [0.29, 0.717) is 5.41 Å². The predicted molar refractivity (Wildman–Crippen MR) is 166 cm³/mol. The van der Waals surface area contributed by atoms with Crippen LogP contribution >= 0.6 is 0 Å². The van der Waals surface area contributed by atoms with Crippen molar-refractivity contribution in [1.29, 1.82) is 0 Å². The lowest BCUT2D eigenvalue weighted by Gasteiger charge is -2.38. The summed E-state index contributed by atoms with van der Waals surface area (Å²) >= 11 is 0. The van der Waals surface area contributed by atoms with Gasteiger partial charge in [0.2, 0.25) is 0 Å². The van der Waals surface area contributed by atoms with Gasteiger partial charge < -0.3 is 19.1 Å². The van der Waals surface area contributed by atoms with Gasteiger partial charge in [-0.1, -0.05) is 41.5 Å². The number of hydrogen-bond donors (Lipinski definition) is 0. The molecule has 0 aromatic rings. The van der Waals surface area contributed by atoms with Crippen LogP contribution in [0.25, 0.3) is 0 Å². The van der Waals surface area contributed by atoms with E-state index >= 15 is 0 Å². The van der Waals surface area contributed by atoms with E-state index in [-0.39, 0.29) is 0 Å². The van der Waals surface area contributed by atoms with Gasteiger partial charge in [-0.05, 0) is 155 Å². The molecule has 36 heavy (non-hydrogen) atoms. The fourth-order valence-corrected chi connectivity index (χ4v) is 8.10. The molecule has 5 heteroatoms. The van der Waals surface area contributed by atoms with Gasteiger partial charge in [-0.3, -0.25) is 0 Å². The Morgan fingerprint density at radius 2 is 0.889 bits per heavy atom. The fourth-order valence-electron chi connectivity index (χ4n) is 6.04. The molecule has 0 saturated heterocycles. The Kier molecular flexibility index (Phi) is 22.0. The maximum atomic E-state index is 6.32. The highest BCUT2D eigenvalue weighted by Gasteiger charge is 2.33. The number of rotatable bonds is 26. The average Bonchev–Trinajstić information content (AvgIpc) is 2.85. The summed E-state index contributed by atoms with van der Waals surface area (Å²) in [6.07, 6.45) is 13.4. The number of hydrogen-bond acceptors (Lipinski definition) is 4. The lowest BCUT2D eigenvalue weighted by molar-refractivity contribution is 0.153. The third-order valence-electron chi connectivity index (χ3n) is 8.30. The fraction of sp³-hybridized carbons (Fsp3) is 1.00. The topological polar surface area (TPSA) is 19.0 Å². The van der Waals surface area contributed by atoms with Crippen molar-refractivity contribution in [2.75, 3.05) is 65.5 Å². The van der Waals surface area contributed by atoms with Crippen LogP contribution in [0.3, 0.4) is 0 Å². The first-order chi connectivity index (χ1) is 17.2. The maximum absolute atomic E-state index is 6.32. The molecule has 0 aliphatic carbocycles. The van der Waals surface area contributed by atoms with Crippen LogP contribution in [0, 0.1) is 5.41 Å². The summed E-state index contributed by atoms with van der Waals surface area (Å²) in [5.74, 6) is 0. The van der Waals surface area contributed by atoms with Crippen LogP contribution in [-0.2, 0) is 4.43 Å². The van der Waals surface area contributed by atoms with E-state index in [9.17, 15) is 0 Å². The molecule has 0 heterocycles. The van der Waals surface area contributed by atoms with E-state index in [2.05, 4.69) is 76.3 Å². The second kappa shape index (κ2) is 21.9. The van der Waals surface area contributed by atoms with E-state index in [1.807, 2.05) is 0 Å². The minimum atomic E-state index is -1.59. The van der Waals surface area contributed by atoms with Crippen molar-refractivity contribution in [3.63, 3.8) is 0 Å². The molecular formula is C31H69N3OSi. The Morgan fingerprint density at radius 1 is 0.528 bits per heavy atom. The quantitative estimate of drug-likeness (QED) is 0.106. The lowest BCUT2D eigenvalue weighted by atomic mass is 9.73. The number of nitrogens with zero attached hydrogens (tertiary/aromatic N) is 3. The van der Waals surface area contributed by atoms with Crippen molar-refractivity contribution in [2.24, 2.45) is 5.41 Å². The van der Waals surface area contributed by atoms with E-state index in [1.165, 1.54) is 129 Å². The lowest BCUT2D eigenvalue weighted by Crippen LogP contribution is -2.35. The molecule has 0 amide bonds. The standard InChI is InChI=1S/C31H69N3OSi/c1-10-24-32(13-4)27-17-20-31(23-30-36(8,9)35-16-7,21-18-28-33(14-5)25-11-2)22-19-29-34(15-6)26-12-3/h10-30H2,1-9H3. The van der Waals surface area contributed by atoms with Gasteiger partial charge in [0.05, 0.1) is 0 Å². The molecule has 0 spiro atoms. The van der Waals surface area contributed by atoms with E-state index < -0.39 is 8.32 Å². The summed E-state index contributed by atoms with van der Waals surface area (Å²) in [7, 11) is -1.59. The van der Waals surface area contributed by atoms with Crippen LogP contribution in [-0.4, -0.2) is 88.5 Å². The van der Waals surface area contributed by atoms with E-state index in [0.717, 1.165) is 6.61 Å². The summed E-state index contributed by atoms with van der Waals surface area (Å²) in [5, 5.41) is 0. The molecule has 218 valence electrons. The van der Waals surface area contributed by atoms with Gasteiger partial charge in [0.15, 0.2) is 8.32 Å². The molecule has 0 aliphatic heterocycles. The second-order valence-electron chi connectivity index (χ2n) is 11.8. The van der Waals surface area contributed by atoms with Gasteiger partial charge >= 0.3 is 0 Å². The predicted octanol–water partition coefficient (Wildman–Crippen LogP) is 8.14. The van der Waals surface area contributed by atoms with Crippen LogP contribution in [0.15, 0.2) is 0 Å². The summed E-state index contributed by atoms with van der Waals surface area (Å²) < 4.78 is 6.32. The normalized spacial score (nSPS) is 13.0. The Labute approximate surface area is 230 Å². The van der Waals surface area contributed by atoms with Crippen LogP contribution in [0.5, 0.6) is 0 Å². The minimum absolute atomic E-state index is 0.476. The molecule has 0 N–H and O–H groups in total. The SMILES string of the molecule is CCCN(CC)CCCC(CCCN(CC)CCC)(CCCN(CC)CCC)CC[Si](C)(C)OCC. The molecule has 0 fully saturated rings. The van der Waals surface area contributed by atoms with Crippen molar-refractivity contribution >= 4 is 8.32 Å². The molecule has 4 nitrogen and oxygen atoms in total. The van der Waals surface area contributed by atoms with Gasteiger partial charge in [0.1, 0.15) is 0 Å². The highest BCUT2D eigenvalue weighted by molar-refractivity contribution is 6.71. The Bertz CT molecular complexity index is 438. The summed E-state index contributed by atoms with van der Waals surface area (Å²) in [5.41, 5.74) is 0.476. The van der Waals surface area contributed by atoms with Gasteiger partial charge in [-0.2, -0.15) is 0 Å². The van der Waals surface area contributed by atoms with Crippen molar-refractivity contribution < 1.29 is 4.43 Å². The van der Waals surface area contributed by atoms with E-state index in [1.54, 1.807) is 0 Å². The third kappa shape index (κ3) is 16.8. The van der Waals surface area contributed by atoms with Gasteiger partial charge in [-0.25, -0.2) is 0 Å². The molecule has 0 bridgehead atoms. The average molecular weight is 528 g/mol. The largest absolute Gasteiger partial charge is 0.418 e. The Hall–Kier alpha value is 0.0569. The molecular weight excluding hydrogens is 458 g/mol. The minimum Gasteiger partial charge on any atom is -0.418 e. The van der Waals surface area contributed by atoms with Crippen LogP contribution < -0.4 is 0 Å². The highest BCUT2D eigenvalue weighted by atomic mass is 28.4. The molecule has 0 saturated carbocycles. The van der Waals surface area contributed by atoms with E-state index in [4.69, 9.17) is 4.43 Å². The van der Waals surface area contributed by atoms with Crippen LogP contribution in [0.1, 0.15) is 113 Å². The van der Waals surface area contributed by atoms with Crippen molar-refractivity contribution in [3.8, 4) is 0 Å². The molecule has 0 radical (unpaired) electrons. The van der Waals surface area contributed by atoms with Gasteiger partial charge in [-0.15, -0.1) is 0 Å². The zero-order valence-corrected chi connectivity index (χ0v) is 27.6. The molecule has 0 unspecified atom stereocenters. The molecule has 0 rings (SSSR count). The third-order valence-corrected chi connectivity index (χ3v) is 10.8. The maximum Gasteiger partial charge on any atom is 0.186 e. The van der Waals surface area contributed by atoms with Crippen molar-refractivity contribution in [3.05, 3.63) is 0 Å². The van der Waals surface area contributed by atoms with Crippen LogP contribution in [0.2, 0.25) is 19.1 Å². The summed E-state index contributed by atoms with van der Waals surface area (Å²) in [6, 6.07) is 1.31. The highest BCUT2D eigenvalue weighted by Crippen LogP contribution is 2.42. The Morgan fingerprint density at radius 3 is 1.17 bits per heavy atom. The summed E-state index contributed by atoms with van der Waals surface area (Å²) in [6.45, 7) is 33.0. The first-order valence-electron chi connectivity index (χ1n) is 16.1. The zero-order chi connectivity index (χ0) is 27.3. The molecule has 0 atom stereocenters. The van der Waals surface area contributed by atoms with Crippen molar-refractivity contribution in [2.45, 2.75) is 132 Å². The molecule has 0 aromatic heterocycles. The molecule has 0 aromatic carbocycles. The smallest absolute Gasteiger partial charge is 0.186 e. The monoisotopic (exact) mass is 528 g/mol.